The van der Waals surface area contributed by atoms with Gasteiger partial charge in [0, 0.05) is 6.54 Å². The largest absolute Gasteiger partial charge is 0.497 e. The molecule has 1 saturated heterocycles. The summed E-state index contributed by atoms with van der Waals surface area (Å²) in [6.07, 6.45) is 0.693. The number of amides is 2. The maximum Gasteiger partial charge on any atom is 0.263 e. The van der Waals surface area contributed by atoms with Crippen LogP contribution in [0.2, 0.25) is 0 Å². The predicted molar refractivity (Wildman–Crippen MR) is 94.8 cm³/mol. The number of hydrogen-bond acceptors (Lipinski definition) is 6. The van der Waals surface area contributed by atoms with Crippen molar-refractivity contribution in [2.75, 3.05) is 18.6 Å². The molecule has 1 fully saturated rings. The fourth-order valence-corrected chi connectivity index (χ4v) is 3.28. The van der Waals surface area contributed by atoms with Gasteiger partial charge in [-0.25, -0.2) is 4.90 Å². The van der Waals surface area contributed by atoms with Crippen LogP contribution >= 0.6 is 0 Å². The first-order valence-electron chi connectivity index (χ1n) is 8.42. The first-order valence-corrected chi connectivity index (χ1v) is 8.42. The minimum Gasteiger partial charge on any atom is -0.497 e. The topological polar surface area (TPSA) is 74.6 Å². The number of fused-ring (bicyclic) bond motifs is 1. The highest BCUT2D eigenvalue weighted by molar-refractivity contribution is 6.25. The SMILES string of the molecule is COc1ccc(CCN2N=N[C@H]3C(=O)N(c4ccccc4)C(=O)[C@H]32)cc1. The number of nitrogens with zero attached hydrogens (tertiary/aromatic N) is 4. The van der Waals surface area contributed by atoms with Crippen LogP contribution in [0.5, 0.6) is 5.75 Å². The van der Waals surface area contributed by atoms with Crippen LogP contribution in [0.3, 0.4) is 0 Å². The zero-order chi connectivity index (χ0) is 18.1. The number of methoxy groups -OCH3 is 1. The summed E-state index contributed by atoms with van der Waals surface area (Å²) in [5.74, 6) is 0.206. The van der Waals surface area contributed by atoms with Crippen LogP contribution in [-0.2, 0) is 16.0 Å². The lowest BCUT2D eigenvalue weighted by molar-refractivity contribution is -0.123. The summed E-state index contributed by atoms with van der Waals surface area (Å²) in [6, 6.07) is 15.3. The van der Waals surface area contributed by atoms with Gasteiger partial charge < -0.3 is 4.74 Å². The van der Waals surface area contributed by atoms with Crippen molar-refractivity contribution in [3.63, 3.8) is 0 Å². The van der Waals surface area contributed by atoms with Gasteiger partial charge in [-0.15, -0.1) is 0 Å². The monoisotopic (exact) mass is 350 g/mol. The van der Waals surface area contributed by atoms with Crippen LogP contribution in [0.4, 0.5) is 5.69 Å². The van der Waals surface area contributed by atoms with E-state index in [1.165, 1.54) is 4.90 Å². The first kappa shape index (κ1) is 16.3. The second kappa shape index (κ2) is 6.59. The second-order valence-electron chi connectivity index (χ2n) is 6.20. The Morgan fingerprint density at radius 1 is 1.00 bits per heavy atom. The molecule has 2 aliphatic rings. The number of carbonyl (C=O) groups is 2. The Morgan fingerprint density at radius 2 is 1.73 bits per heavy atom. The molecule has 0 N–H and O–H groups in total. The summed E-state index contributed by atoms with van der Waals surface area (Å²) in [6.45, 7) is 0.513. The van der Waals surface area contributed by atoms with Gasteiger partial charge in [0.15, 0.2) is 12.1 Å². The number of hydrogen-bond donors (Lipinski definition) is 0. The van der Waals surface area contributed by atoms with Crippen LogP contribution < -0.4 is 9.64 Å². The minimum absolute atomic E-state index is 0.272. The lowest BCUT2D eigenvalue weighted by Gasteiger charge is -2.20. The van der Waals surface area contributed by atoms with Gasteiger partial charge >= 0.3 is 0 Å². The predicted octanol–water partition coefficient (Wildman–Crippen LogP) is 2.23. The van der Waals surface area contributed by atoms with Gasteiger partial charge in [0.25, 0.3) is 11.8 Å². The van der Waals surface area contributed by atoms with Crippen molar-refractivity contribution in [1.82, 2.24) is 5.01 Å². The van der Waals surface area contributed by atoms with E-state index in [4.69, 9.17) is 4.74 Å². The number of anilines is 1. The van der Waals surface area contributed by atoms with E-state index in [1.807, 2.05) is 30.3 Å². The molecule has 2 heterocycles. The van der Waals surface area contributed by atoms with E-state index in [2.05, 4.69) is 10.3 Å². The van der Waals surface area contributed by atoms with Gasteiger partial charge in [-0.3, -0.25) is 14.6 Å². The molecule has 2 aromatic rings. The van der Waals surface area contributed by atoms with Gasteiger partial charge in [-0.2, -0.15) is 5.11 Å². The van der Waals surface area contributed by atoms with E-state index in [-0.39, 0.29) is 11.8 Å². The lowest BCUT2D eigenvalue weighted by atomic mass is 10.1. The number of ether oxygens (including phenoxy) is 1. The molecule has 2 amide bonds. The van der Waals surface area contributed by atoms with Crippen molar-refractivity contribution in [2.45, 2.75) is 18.5 Å². The highest BCUT2D eigenvalue weighted by Gasteiger charge is 2.54. The molecule has 0 aromatic heterocycles. The molecule has 2 aromatic carbocycles. The molecule has 0 saturated carbocycles. The van der Waals surface area contributed by atoms with E-state index < -0.39 is 12.1 Å². The summed E-state index contributed by atoms with van der Waals surface area (Å²) in [5.41, 5.74) is 1.67. The molecule has 7 nitrogen and oxygen atoms in total. The Bertz CT molecular complexity index is 851. The quantitative estimate of drug-likeness (QED) is 0.775. The van der Waals surface area contributed by atoms with E-state index in [0.717, 1.165) is 11.3 Å². The Hall–Kier alpha value is -3.22. The van der Waals surface area contributed by atoms with Gasteiger partial charge in [0.05, 0.1) is 12.8 Å². The Kier molecular flexibility index (Phi) is 4.12. The van der Waals surface area contributed by atoms with Crippen molar-refractivity contribution >= 4 is 17.5 Å². The minimum atomic E-state index is -0.751. The Labute approximate surface area is 150 Å². The maximum absolute atomic E-state index is 12.8. The standard InChI is InChI=1S/C19H18N4O3/c1-26-15-9-7-13(8-10-15)11-12-22-17-16(20-21-22)18(24)23(19(17)25)14-5-3-2-4-6-14/h2-10,16-17H,11-12H2,1H3/t16-,17+/m1/s1. The van der Waals surface area contributed by atoms with Crippen molar-refractivity contribution in [2.24, 2.45) is 10.3 Å². The lowest BCUT2D eigenvalue weighted by Crippen LogP contribution is -2.40. The normalized spacial score (nSPS) is 21.4. The molecule has 0 radical (unpaired) electrons. The zero-order valence-electron chi connectivity index (χ0n) is 14.3. The van der Waals surface area contributed by atoms with Crippen LogP contribution in [-0.4, -0.2) is 42.6 Å². The fourth-order valence-electron chi connectivity index (χ4n) is 3.28. The number of imide groups is 1. The van der Waals surface area contributed by atoms with Gasteiger partial charge in [-0.1, -0.05) is 35.6 Å². The van der Waals surface area contributed by atoms with E-state index >= 15 is 0 Å². The van der Waals surface area contributed by atoms with Crippen molar-refractivity contribution in [1.29, 1.82) is 0 Å². The summed E-state index contributed by atoms with van der Waals surface area (Å²) < 4.78 is 5.15. The molecular formula is C19H18N4O3. The molecule has 0 bridgehead atoms. The van der Waals surface area contributed by atoms with Crippen molar-refractivity contribution in [3.05, 3.63) is 60.2 Å². The maximum atomic E-state index is 12.8. The molecule has 4 rings (SSSR count). The molecular weight excluding hydrogens is 332 g/mol. The summed E-state index contributed by atoms with van der Waals surface area (Å²) in [5, 5.41) is 9.73. The highest BCUT2D eigenvalue weighted by Crippen LogP contribution is 2.31. The smallest absolute Gasteiger partial charge is 0.263 e. The fraction of sp³-hybridized carbons (Fsp3) is 0.263. The average Bonchev–Trinajstić information content (AvgIpc) is 3.21. The molecule has 2 atom stereocenters. The van der Waals surface area contributed by atoms with Gasteiger partial charge in [-0.05, 0) is 36.2 Å². The third kappa shape index (κ3) is 2.71. The average molecular weight is 350 g/mol. The second-order valence-corrected chi connectivity index (χ2v) is 6.20. The molecule has 132 valence electrons. The molecule has 0 aliphatic carbocycles. The molecule has 26 heavy (non-hydrogen) atoms. The van der Waals surface area contributed by atoms with E-state index in [1.54, 1.807) is 36.4 Å². The van der Waals surface area contributed by atoms with Crippen LogP contribution in [0.25, 0.3) is 0 Å². The van der Waals surface area contributed by atoms with E-state index in [0.29, 0.717) is 18.7 Å². The number of carbonyl (C=O) groups excluding carboxylic acids is 2. The summed E-state index contributed by atoms with van der Waals surface area (Å²) in [4.78, 5) is 26.6. The van der Waals surface area contributed by atoms with Crippen LogP contribution in [0, 0.1) is 0 Å². The summed E-state index contributed by atoms with van der Waals surface area (Å²) in [7, 11) is 1.63. The highest BCUT2D eigenvalue weighted by atomic mass is 16.5. The van der Waals surface area contributed by atoms with Crippen LogP contribution in [0.15, 0.2) is 64.9 Å². The number of rotatable bonds is 5. The number of benzene rings is 2. The third-order valence-corrected chi connectivity index (χ3v) is 4.66. The number of para-hydroxylation sites is 1. The first-order chi connectivity index (χ1) is 12.7. The summed E-state index contributed by atoms with van der Waals surface area (Å²) >= 11 is 0. The molecule has 0 spiro atoms. The molecule has 0 unspecified atom stereocenters. The van der Waals surface area contributed by atoms with Crippen molar-refractivity contribution in [3.8, 4) is 5.75 Å². The van der Waals surface area contributed by atoms with E-state index in [9.17, 15) is 9.59 Å². The Morgan fingerprint density at radius 3 is 2.42 bits per heavy atom. The van der Waals surface area contributed by atoms with Gasteiger partial charge in [0.2, 0.25) is 0 Å². The zero-order valence-corrected chi connectivity index (χ0v) is 14.3. The molecule has 7 heteroatoms. The third-order valence-electron chi connectivity index (χ3n) is 4.66. The van der Waals surface area contributed by atoms with Crippen molar-refractivity contribution < 1.29 is 14.3 Å². The Balaban J connectivity index is 1.48. The molecule has 2 aliphatic heterocycles. The van der Waals surface area contributed by atoms with Gasteiger partial charge in [0.1, 0.15) is 5.75 Å². The van der Waals surface area contributed by atoms with Crippen LogP contribution in [0.1, 0.15) is 5.56 Å².